The molecule has 4 aromatic rings. The van der Waals surface area contributed by atoms with Crippen molar-refractivity contribution in [2.24, 2.45) is 12.8 Å². The minimum Gasteiger partial charge on any atom is -0.364 e. The Bertz CT molecular complexity index is 1260. The van der Waals surface area contributed by atoms with Gasteiger partial charge < -0.3 is 10.3 Å². The first-order valence-corrected chi connectivity index (χ1v) is 9.41. The zero-order chi connectivity index (χ0) is 20.9. The van der Waals surface area contributed by atoms with Crippen LogP contribution < -0.4 is 5.73 Å². The lowest BCUT2D eigenvalue weighted by molar-refractivity contribution is -0.141. The number of amides is 1. The van der Waals surface area contributed by atoms with E-state index < -0.39 is 17.8 Å². The molecular weight excluding hydrogens is 407 g/mol. The minimum absolute atomic E-state index is 0.138. The summed E-state index contributed by atoms with van der Waals surface area (Å²) < 4.78 is 42.0. The summed E-state index contributed by atoms with van der Waals surface area (Å²) >= 11 is 1.40. The largest absolute Gasteiger partial charge is 0.433 e. The lowest BCUT2D eigenvalue weighted by atomic mass is 10.3. The van der Waals surface area contributed by atoms with Crippen LogP contribution in [0.1, 0.15) is 23.1 Å². The number of aryl methyl sites for hydroxylation is 1. The van der Waals surface area contributed by atoms with Gasteiger partial charge in [0.25, 0.3) is 5.91 Å². The Kier molecular flexibility index (Phi) is 4.45. The smallest absolute Gasteiger partial charge is 0.364 e. The van der Waals surface area contributed by atoms with Crippen molar-refractivity contribution in [2.45, 2.75) is 18.1 Å². The number of halogens is 3. The summed E-state index contributed by atoms with van der Waals surface area (Å²) in [6.45, 7) is 1.93. The number of imidazole rings is 1. The molecule has 0 atom stereocenters. The molecule has 12 heteroatoms. The molecule has 2 N–H and O–H groups in total. The second kappa shape index (κ2) is 6.72. The SMILES string of the molecule is CCSc1nn2c(C(N)=O)ccnc2c1-c1nc2cc(C(F)(F)F)ncc2n1C. The third kappa shape index (κ3) is 3.09. The number of nitrogens with two attached hydrogens (primary N) is 1. The molecule has 4 aromatic heterocycles. The fourth-order valence-electron chi connectivity index (χ4n) is 3.01. The monoisotopic (exact) mass is 421 g/mol. The zero-order valence-electron chi connectivity index (χ0n) is 15.2. The second-order valence-electron chi connectivity index (χ2n) is 6.09. The molecule has 29 heavy (non-hydrogen) atoms. The summed E-state index contributed by atoms with van der Waals surface area (Å²) in [5, 5.41) is 4.97. The number of alkyl halides is 3. The Morgan fingerprint density at radius 1 is 1.31 bits per heavy atom. The van der Waals surface area contributed by atoms with Crippen LogP contribution in [-0.2, 0) is 13.2 Å². The lowest BCUT2D eigenvalue weighted by Gasteiger charge is -2.05. The van der Waals surface area contributed by atoms with Gasteiger partial charge in [-0.15, -0.1) is 11.8 Å². The summed E-state index contributed by atoms with van der Waals surface area (Å²) in [6, 6.07) is 2.35. The van der Waals surface area contributed by atoms with E-state index in [-0.39, 0.29) is 11.2 Å². The van der Waals surface area contributed by atoms with E-state index in [1.807, 2.05) is 6.92 Å². The van der Waals surface area contributed by atoms with Gasteiger partial charge in [0.15, 0.2) is 5.65 Å². The van der Waals surface area contributed by atoms with Gasteiger partial charge in [-0.05, 0) is 17.9 Å². The van der Waals surface area contributed by atoms with Crippen molar-refractivity contribution in [1.29, 1.82) is 0 Å². The average Bonchev–Trinajstić information content (AvgIpc) is 3.17. The van der Waals surface area contributed by atoms with Crippen molar-refractivity contribution in [1.82, 2.24) is 29.1 Å². The van der Waals surface area contributed by atoms with Crippen molar-refractivity contribution in [3.8, 4) is 11.4 Å². The van der Waals surface area contributed by atoms with E-state index in [9.17, 15) is 18.0 Å². The fraction of sp³-hybridized carbons (Fsp3) is 0.235. The summed E-state index contributed by atoms with van der Waals surface area (Å²) in [5.74, 6) is 0.358. The van der Waals surface area contributed by atoms with Crippen molar-refractivity contribution in [3.05, 3.63) is 35.9 Å². The summed E-state index contributed by atoms with van der Waals surface area (Å²) in [5.41, 5.74) is 5.95. The average molecular weight is 421 g/mol. The van der Waals surface area contributed by atoms with E-state index in [2.05, 4.69) is 20.1 Å². The molecule has 0 spiro atoms. The highest BCUT2D eigenvalue weighted by atomic mass is 32.2. The molecule has 0 radical (unpaired) electrons. The van der Waals surface area contributed by atoms with Gasteiger partial charge in [0.1, 0.15) is 22.2 Å². The maximum absolute atomic E-state index is 13.0. The Labute approximate surface area is 166 Å². The maximum Gasteiger partial charge on any atom is 0.433 e. The Morgan fingerprint density at radius 3 is 2.72 bits per heavy atom. The highest BCUT2D eigenvalue weighted by Gasteiger charge is 2.33. The maximum atomic E-state index is 13.0. The van der Waals surface area contributed by atoms with Gasteiger partial charge in [0.05, 0.1) is 22.8 Å². The number of pyridine rings is 1. The molecule has 0 saturated carbocycles. The molecule has 8 nitrogen and oxygen atoms in total. The highest BCUT2D eigenvalue weighted by Crippen LogP contribution is 2.36. The van der Waals surface area contributed by atoms with Crippen molar-refractivity contribution in [3.63, 3.8) is 0 Å². The number of nitrogens with zero attached hydrogens (tertiary/aromatic N) is 6. The first-order chi connectivity index (χ1) is 13.7. The zero-order valence-corrected chi connectivity index (χ0v) is 16.0. The number of fused-ring (bicyclic) bond motifs is 2. The van der Waals surface area contributed by atoms with Gasteiger partial charge in [-0.3, -0.25) is 4.79 Å². The van der Waals surface area contributed by atoms with Gasteiger partial charge in [-0.25, -0.2) is 19.5 Å². The molecule has 1 amide bonds. The summed E-state index contributed by atoms with van der Waals surface area (Å²) in [6.07, 6.45) is -2.01. The second-order valence-corrected chi connectivity index (χ2v) is 7.35. The van der Waals surface area contributed by atoms with Crippen LogP contribution in [0.3, 0.4) is 0 Å². The molecule has 0 bridgehead atoms. The standard InChI is InChI=1S/C17H14F3N7OS/c1-3-29-16-12(14-22-5-4-9(13(21)28)27(14)25-16)15-24-8-6-11(17(18,19)20)23-7-10(8)26(15)2/h4-7H,3H2,1-2H3,(H2,21,28). The molecule has 0 saturated heterocycles. The quantitative estimate of drug-likeness (QED) is 0.508. The number of aromatic nitrogens is 6. The van der Waals surface area contributed by atoms with E-state index in [1.165, 1.54) is 28.5 Å². The predicted octanol–water partition coefficient (Wildman–Crippen LogP) is 2.91. The third-order valence-corrected chi connectivity index (χ3v) is 5.15. The van der Waals surface area contributed by atoms with Crippen molar-refractivity contribution >= 4 is 34.3 Å². The predicted molar refractivity (Wildman–Crippen MR) is 100 cm³/mol. The molecule has 150 valence electrons. The first-order valence-electron chi connectivity index (χ1n) is 8.42. The summed E-state index contributed by atoms with van der Waals surface area (Å²) in [4.78, 5) is 24.0. The van der Waals surface area contributed by atoms with Crippen LogP contribution in [0, 0.1) is 0 Å². The molecule has 0 unspecified atom stereocenters. The number of carbonyl (C=O) groups is 1. The molecular formula is C17H14F3N7OS. The van der Waals surface area contributed by atoms with E-state index >= 15 is 0 Å². The number of rotatable bonds is 4. The van der Waals surface area contributed by atoms with Crippen molar-refractivity contribution < 1.29 is 18.0 Å². The molecule has 4 heterocycles. The van der Waals surface area contributed by atoms with E-state index in [4.69, 9.17) is 5.73 Å². The van der Waals surface area contributed by atoms with Crippen LogP contribution in [0.2, 0.25) is 0 Å². The van der Waals surface area contributed by atoms with Crippen LogP contribution in [0.25, 0.3) is 28.1 Å². The van der Waals surface area contributed by atoms with Gasteiger partial charge in [0.2, 0.25) is 0 Å². The van der Waals surface area contributed by atoms with Gasteiger partial charge in [0, 0.05) is 13.2 Å². The minimum atomic E-state index is -4.57. The van der Waals surface area contributed by atoms with Gasteiger partial charge in [-0.1, -0.05) is 6.92 Å². The number of thioether (sulfide) groups is 1. The Balaban J connectivity index is 2.02. The van der Waals surface area contributed by atoms with E-state index in [0.717, 1.165) is 12.3 Å². The molecule has 0 aliphatic carbocycles. The Morgan fingerprint density at radius 2 is 2.07 bits per heavy atom. The van der Waals surface area contributed by atoms with Crippen LogP contribution in [0.15, 0.2) is 29.6 Å². The van der Waals surface area contributed by atoms with Crippen LogP contribution in [0.4, 0.5) is 13.2 Å². The number of carbonyl (C=O) groups excluding carboxylic acids is 1. The number of primary amides is 1. The molecule has 0 aromatic carbocycles. The van der Waals surface area contributed by atoms with Crippen LogP contribution >= 0.6 is 11.8 Å². The fourth-order valence-corrected chi connectivity index (χ4v) is 3.75. The third-order valence-electron chi connectivity index (χ3n) is 4.30. The van der Waals surface area contributed by atoms with Gasteiger partial charge in [-0.2, -0.15) is 18.3 Å². The molecule has 0 fully saturated rings. The van der Waals surface area contributed by atoms with E-state index in [1.54, 1.807) is 11.6 Å². The van der Waals surface area contributed by atoms with Gasteiger partial charge >= 0.3 is 6.18 Å². The van der Waals surface area contributed by atoms with E-state index in [0.29, 0.717) is 33.3 Å². The van der Waals surface area contributed by atoms with Crippen molar-refractivity contribution in [2.75, 3.05) is 5.75 Å². The molecule has 4 rings (SSSR count). The lowest BCUT2D eigenvalue weighted by Crippen LogP contribution is -2.16. The van der Waals surface area contributed by atoms with Crippen LogP contribution in [0.5, 0.6) is 0 Å². The molecule has 0 aliphatic rings. The summed E-state index contributed by atoms with van der Waals surface area (Å²) in [7, 11) is 1.67. The highest BCUT2D eigenvalue weighted by molar-refractivity contribution is 7.99. The molecule has 0 aliphatic heterocycles. The number of hydrogen-bond acceptors (Lipinski definition) is 6. The normalized spacial score (nSPS) is 12.2. The first kappa shape index (κ1) is 19.2. The number of hydrogen-bond donors (Lipinski definition) is 1. The van der Waals surface area contributed by atoms with Crippen LogP contribution in [-0.4, -0.2) is 40.8 Å². The topological polar surface area (TPSA) is 104 Å². The Hall–Kier alpha value is -3.15.